The number of nitro groups is 1. The summed E-state index contributed by atoms with van der Waals surface area (Å²) in [5.41, 5.74) is 22.1. The fraction of sp³-hybridized carbons (Fsp3) is 0.143. The van der Waals surface area contributed by atoms with Crippen LogP contribution in [0, 0.1) is 37.8 Å². The van der Waals surface area contributed by atoms with Crippen molar-refractivity contribution in [3.63, 3.8) is 0 Å². The number of nitrogen functional groups attached to an aromatic ring is 3. The fourth-order valence-electron chi connectivity index (χ4n) is 3.66. The molecular formula is C28H28Br2N4O4. The zero-order valence-corrected chi connectivity index (χ0v) is 24.5. The minimum Gasteiger partial charge on any atom is -0.453 e. The van der Waals surface area contributed by atoms with E-state index in [1.807, 2.05) is 70.2 Å². The van der Waals surface area contributed by atoms with Crippen molar-refractivity contribution in [1.29, 1.82) is 0 Å². The van der Waals surface area contributed by atoms with Crippen LogP contribution in [-0.2, 0) is 0 Å². The number of nitrogens with zero attached hydrogens (tertiary/aromatic N) is 1. The average Bonchev–Trinajstić information content (AvgIpc) is 2.85. The predicted octanol–water partition coefficient (Wildman–Crippen LogP) is 8.37. The summed E-state index contributed by atoms with van der Waals surface area (Å²) in [6, 6.07) is 18.3. The van der Waals surface area contributed by atoms with E-state index < -0.39 is 4.92 Å². The number of rotatable bonds is 5. The van der Waals surface area contributed by atoms with Gasteiger partial charge in [-0.2, -0.15) is 0 Å². The normalized spacial score (nSPS) is 10.4. The van der Waals surface area contributed by atoms with Crippen LogP contribution in [0.1, 0.15) is 22.3 Å². The molecule has 0 heterocycles. The third-order valence-electron chi connectivity index (χ3n) is 5.70. The number of hydrogen-bond donors (Lipinski definition) is 3. The lowest BCUT2D eigenvalue weighted by molar-refractivity contribution is -0.384. The zero-order chi connectivity index (χ0) is 28.1. The van der Waals surface area contributed by atoms with Crippen molar-refractivity contribution in [3.05, 3.63) is 102 Å². The molecule has 6 N–H and O–H groups in total. The summed E-state index contributed by atoms with van der Waals surface area (Å²) in [6.45, 7) is 7.76. The molecule has 0 unspecified atom stereocenters. The van der Waals surface area contributed by atoms with E-state index in [9.17, 15) is 10.1 Å². The molecule has 0 saturated carbocycles. The highest BCUT2D eigenvalue weighted by Gasteiger charge is 2.24. The maximum absolute atomic E-state index is 11.2. The van der Waals surface area contributed by atoms with Crippen LogP contribution in [0.4, 0.5) is 22.7 Å². The Kier molecular flexibility index (Phi) is 9.24. The Labute approximate surface area is 238 Å². The van der Waals surface area contributed by atoms with Crippen LogP contribution in [0.15, 0.2) is 69.6 Å². The first kappa shape index (κ1) is 28.8. The van der Waals surface area contributed by atoms with Crippen LogP contribution in [0.3, 0.4) is 0 Å². The van der Waals surface area contributed by atoms with Gasteiger partial charge in [0, 0.05) is 0 Å². The van der Waals surface area contributed by atoms with Crippen molar-refractivity contribution in [2.24, 2.45) is 0 Å². The van der Waals surface area contributed by atoms with E-state index >= 15 is 0 Å². The molecule has 0 aliphatic heterocycles. The second-order valence-corrected chi connectivity index (χ2v) is 10.3. The molecule has 4 aromatic carbocycles. The first-order chi connectivity index (χ1) is 17.9. The summed E-state index contributed by atoms with van der Waals surface area (Å²) in [5, 5.41) is 11.2. The number of ether oxygens (including phenoxy) is 2. The number of benzene rings is 4. The monoisotopic (exact) mass is 642 g/mol. The van der Waals surface area contributed by atoms with Crippen LogP contribution in [-0.4, -0.2) is 4.92 Å². The molecule has 4 aromatic rings. The molecule has 0 fully saturated rings. The van der Waals surface area contributed by atoms with Gasteiger partial charge in [-0.3, -0.25) is 10.1 Å². The molecule has 0 atom stereocenters. The molecule has 8 nitrogen and oxygen atoms in total. The molecule has 0 aliphatic rings. The third kappa shape index (κ3) is 6.38. The van der Waals surface area contributed by atoms with Gasteiger partial charge in [0.05, 0.1) is 25.2 Å². The molecule has 0 amide bonds. The molecule has 38 heavy (non-hydrogen) atoms. The van der Waals surface area contributed by atoms with Gasteiger partial charge in [-0.15, -0.1) is 0 Å². The van der Waals surface area contributed by atoms with Gasteiger partial charge in [0.1, 0.15) is 17.2 Å². The third-order valence-corrected chi connectivity index (χ3v) is 6.95. The number of anilines is 3. The maximum atomic E-state index is 11.2. The van der Waals surface area contributed by atoms with Crippen molar-refractivity contribution >= 4 is 54.6 Å². The quantitative estimate of drug-likeness (QED) is 0.113. The van der Waals surface area contributed by atoms with Crippen LogP contribution < -0.4 is 26.7 Å². The summed E-state index contributed by atoms with van der Waals surface area (Å²) < 4.78 is 13.0. The molecule has 0 aromatic heterocycles. The minimum atomic E-state index is -0.539. The Morgan fingerprint density at radius 2 is 1.03 bits per heavy atom. The zero-order valence-electron chi connectivity index (χ0n) is 21.3. The number of nitro benzene ring substituents is 1. The molecular weight excluding hydrogens is 616 g/mol. The average molecular weight is 644 g/mol. The van der Waals surface area contributed by atoms with Gasteiger partial charge in [-0.1, -0.05) is 36.4 Å². The second-order valence-electron chi connectivity index (χ2n) is 8.60. The van der Waals surface area contributed by atoms with Gasteiger partial charge in [-0.05, 0) is 106 Å². The Hall–Kier alpha value is -3.76. The van der Waals surface area contributed by atoms with Crippen molar-refractivity contribution in [2.45, 2.75) is 27.7 Å². The van der Waals surface area contributed by atoms with Gasteiger partial charge in [-0.25, -0.2) is 0 Å². The van der Waals surface area contributed by atoms with Crippen molar-refractivity contribution < 1.29 is 14.4 Å². The summed E-state index contributed by atoms with van der Waals surface area (Å²) in [4.78, 5) is 10.6. The standard InChI is InChI=1S/C14H13BrN2O3.C14H15BrN2O/c1-8-4-3-5-9(2)13(8)20-14-10(15)6-7-11(16)12(14)17(18)19;1-8-4-3-5-9(2)13(8)18-14-10(15)6-7-11(16)12(14)17/h3-7H,16H2,1-2H3;3-7H,16-17H2,1-2H3. The van der Waals surface area contributed by atoms with Crippen LogP contribution in [0.25, 0.3) is 0 Å². The van der Waals surface area contributed by atoms with E-state index in [2.05, 4.69) is 31.9 Å². The van der Waals surface area contributed by atoms with Gasteiger partial charge >= 0.3 is 5.69 Å². The van der Waals surface area contributed by atoms with E-state index in [1.54, 1.807) is 12.1 Å². The lowest BCUT2D eigenvalue weighted by Gasteiger charge is -2.15. The van der Waals surface area contributed by atoms with Crippen molar-refractivity contribution in [3.8, 4) is 23.0 Å². The number of halogens is 2. The van der Waals surface area contributed by atoms with E-state index in [4.69, 9.17) is 26.7 Å². The number of para-hydroxylation sites is 2. The topological polar surface area (TPSA) is 140 Å². The highest BCUT2D eigenvalue weighted by molar-refractivity contribution is 9.11. The summed E-state index contributed by atoms with van der Waals surface area (Å²) in [6.07, 6.45) is 0. The molecule has 0 bridgehead atoms. The molecule has 0 spiro atoms. The first-order valence-electron chi connectivity index (χ1n) is 11.5. The molecule has 198 valence electrons. The van der Waals surface area contributed by atoms with E-state index in [-0.39, 0.29) is 17.1 Å². The molecule has 10 heteroatoms. The summed E-state index contributed by atoms with van der Waals surface area (Å²) in [5.74, 6) is 2.09. The van der Waals surface area contributed by atoms with Gasteiger partial charge in [0.15, 0.2) is 5.75 Å². The molecule has 0 aliphatic carbocycles. The second kappa shape index (κ2) is 12.2. The lowest BCUT2D eigenvalue weighted by Crippen LogP contribution is -2.00. The van der Waals surface area contributed by atoms with Gasteiger partial charge in [0.2, 0.25) is 5.75 Å². The number of nitrogens with two attached hydrogens (primary N) is 3. The maximum Gasteiger partial charge on any atom is 0.335 e. The number of aryl methyl sites for hydroxylation is 4. The smallest absolute Gasteiger partial charge is 0.335 e. The first-order valence-corrected chi connectivity index (χ1v) is 13.0. The Morgan fingerprint density at radius 3 is 1.47 bits per heavy atom. The van der Waals surface area contributed by atoms with Crippen LogP contribution in [0.2, 0.25) is 0 Å². The van der Waals surface area contributed by atoms with Crippen molar-refractivity contribution in [2.75, 3.05) is 17.2 Å². The largest absolute Gasteiger partial charge is 0.453 e. The van der Waals surface area contributed by atoms with Crippen molar-refractivity contribution in [1.82, 2.24) is 0 Å². The predicted molar refractivity (Wildman–Crippen MR) is 160 cm³/mol. The van der Waals surface area contributed by atoms with Gasteiger partial charge < -0.3 is 26.7 Å². The number of hydrogen-bond acceptors (Lipinski definition) is 7. The SMILES string of the molecule is Cc1cccc(C)c1Oc1c(Br)ccc(N)c1N.Cc1cccc(C)c1Oc1c(Br)ccc(N)c1[N+](=O)[O-]. The summed E-state index contributed by atoms with van der Waals surface area (Å²) in [7, 11) is 0. The highest BCUT2D eigenvalue weighted by atomic mass is 79.9. The highest BCUT2D eigenvalue weighted by Crippen LogP contribution is 2.43. The molecule has 4 rings (SSSR count). The van der Waals surface area contributed by atoms with Gasteiger partial charge in [0.25, 0.3) is 0 Å². The van der Waals surface area contributed by atoms with E-state index in [0.29, 0.717) is 27.3 Å². The van der Waals surface area contributed by atoms with E-state index in [1.165, 1.54) is 6.07 Å². The van der Waals surface area contributed by atoms with Crippen LogP contribution in [0.5, 0.6) is 23.0 Å². The Morgan fingerprint density at radius 1 is 0.632 bits per heavy atom. The van der Waals surface area contributed by atoms with Crippen LogP contribution >= 0.6 is 31.9 Å². The Balaban J connectivity index is 0.000000212. The molecule has 0 radical (unpaired) electrons. The lowest BCUT2D eigenvalue weighted by atomic mass is 10.1. The minimum absolute atomic E-state index is 0.0689. The summed E-state index contributed by atoms with van der Waals surface area (Å²) >= 11 is 6.70. The fourth-order valence-corrected chi connectivity index (χ4v) is 4.49. The molecule has 0 saturated heterocycles. The Bertz CT molecular complexity index is 1470. The van der Waals surface area contributed by atoms with E-state index in [0.717, 1.165) is 32.5 Å².